The Labute approximate surface area is 108 Å². The van der Waals surface area contributed by atoms with Gasteiger partial charge in [0, 0.05) is 25.9 Å². The number of nitrogens with zero attached hydrogens (tertiary/aromatic N) is 3. The zero-order valence-corrected chi connectivity index (χ0v) is 11.0. The van der Waals surface area contributed by atoms with Gasteiger partial charge in [-0.15, -0.1) is 0 Å². The van der Waals surface area contributed by atoms with E-state index < -0.39 is 0 Å². The Bertz CT molecular complexity index is 436. The van der Waals surface area contributed by atoms with Crippen LogP contribution in [0.4, 0.5) is 0 Å². The lowest BCUT2D eigenvalue weighted by Crippen LogP contribution is -2.30. The summed E-state index contributed by atoms with van der Waals surface area (Å²) in [5.74, 6) is 0.180. The maximum Gasteiger partial charge on any atom is 0.223 e. The molecule has 0 aliphatic carbocycles. The molecule has 1 aliphatic rings. The van der Waals surface area contributed by atoms with Crippen LogP contribution in [0.25, 0.3) is 0 Å². The first kappa shape index (κ1) is 12.7. The second-order valence-electron chi connectivity index (χ2n) is 4.81. The van der Waals surface area contributed by atoms with Crippen molar-refractivity contribution in [2.75, 3.05) is 6.54 Å². The van der Waals surface area contributed by atoms with Crippen LogP contribution in [0.3, 0.4) is 0 Å². The highest BCUT2D eigenvalue weighted by Crippen LogP contribution is 2.32. The summed E-state index contributed by atoms with van der Waals surface area (Å²) in [5.41, 5.74) is 0.890. The minimum Gasteiger partial charge on any atom is -0.339 e. The third-order valence-electron chi connectivity index (χ3n) is 3.20. The van der Waals surface area contributed by atoms with E-state index in [1.54, 1.807) is 0 Å². The van der Waals surface area contributed by atoms with Gasteiger partial charge in [-0.05, 0) is 19.4 Å². The average Bonchev–Trinajstić information content (AvgIpc) is 3.13. The van der Waals surface area contributed by atoms with E-state index in [4.69, 9.17) is 0 Å². The Morgan fingerprint density at radius 3 is 2.50 bits per heavy atom. The van der Waals surface area contributed by atoms with Crippen LogP contribution in [0.15, 0.2) is 40.6 Å². The van der Waals surface area contributed by atoms with Crippen molar-refractivity contribution in [1.29, 1.82) is 0 Å². The number of amides is 1. The highest BCUT2D eigenvalue weighted by molar-refractivity contribution is 5.76. The molecule has 0 bridgehead atoms. The van der Waals surface area contributed by atoms with E-state index in [1.807, 2.05) is 49.1 Å². The molecule has 0 fully saturated rings. The highest BCUT2D eigenvalue weighted by atomic mass is 16.2. The third-order valence-corrected chi connectivity index (χ3v) is 3.20. The average molecular weight is 245 g/mol. The van der Waals surface area contributed by atoms with Crippen molar-refractivity contribution in [3.63, 3.8) is 0 Å². The molecule has 0 saturated heterocycles. The van der Waals surface area contributed by atoms with E-state index in [-0.39, 0.29) is 11.6 Å². The van der Waals surface area contributed by atoms with E-state index in [0.29, 0.717) is 13.0 Å². The van der Waals surface area contributed by atoms with Crippen molar-refractivity contribution in [2.45, 2.75) is 38.9 Å². The van der Waals surface area contributed by atoms with Crippen LogP contribution in [0.5, 0.6) is 0 Å². The summed E-state index contributed by atoms with van der Waals surface area (Å²) in [6.07, 6.45) is 1.24. The molecule has 4 nitrogen and oxygen atoms in total. The Morgan fingerprint density at radius 1 is 1.28 bits per heavy atom. The standard InChI is InChI=1S/C14H19N3O/c1-3-17(11-12-7-5-4-6-8-12)13(18)9-10-14(2)15-16-14/h4-8H,3,9-11H2,1-2H3. The van der Waals surface area contributed by atoms with Crippen LogP contribution in [0, 0.1) is 0 Å². The first-order valence-electron chi connectivity index (χ1n) is 6.39. The number of rotatable bonds is 6. The van der Waals surface area contributed by atoms with Crippen molar-refractivity contribution in [1.82, 2.24) is 4.90 Å². The third kappa shape index (κ3) is 3.39. The maximum atomic E-state index is 12.1. The summed E-state index contributed by atoms with van der Waals surface area (Å²) in [7, 11) is 0. The van der Waals surface area contributed by atoms with Crippen LogP contribution in [0.2, 0.25) is 0 Å². The molecule has 1 aromatic rings. The normalized spacial score (nSPS) is 15.4. The minimum absolute atomic E-state index is 0.180. The second-order valence-corrected chi connectivity index (χ2v) is 4.81. The van der Waals surface area contributed by atoms with Gasteiger partial charge in [-0.1, -0.05) is 30.3 Å². The van der Waals surface area contributed by atoms with Crippen molar-refractivity contribution in [3.8, 4) is 0 Å². The fraction of sp³-hybridized carbons (Fsp3) is 0.500. The van der Waals surface area contributed by atoms with E-state index in [9.17, 15) is 4.79 Å². The summed E-state index contributed by atoms with van der Waals surface area (Å²) < 4.78 is 0. The zero-order chi connectivity index (χ0) is 13.0. The van der Waals surface area contributed by atoms with Gasteiger partial charge in [0.1, 0.15) is 0 Å². The number of carbonyl (C=O) groups is 1. The van der Waals surface area contributed by atoms with E-state index >= 15 is 0 Å². The predicted molar refractivity (Wildman–Crippen MR) is 70.0 cm³/mol. The van der Waals surface area contributed by atoms with Gasteiger partial charge in [0.15, 0.2) is 5.66 Å². The summed E-state index contributed by atoms with van der Waals surface area (Å²) >= 11 is 0. The van der Waals surface area contributed by atoms with E-state index in [2.05, 4.69) is 10.2 Å². The van der Waals surface area contributed by atoms with Gasteiger partial charge in [0.25, 0.3) is 0 Å². The van der Waals surface area contributed by atoms with Gasteiger partial charge >= 0.3 is 0 Å². The Balaban J connectivity index is 1.85. The maximum absolute atomic E-state index is 12.1. The lowest BCUT2D eigenvalue weighted by atomic mass is 10.1. The van der Waals surface area contributed by atoms with Crippen LogP contribution in [-0.2, 0) is 11.3 Å². The molecule has 0 N–H and O–H groups in total. The molecule has 4 heteroatoms. The van der Waals surface area contributed by atoms with Crippen LogP contribution in [-0.4, -0.2) is 23.0 Å². The Morgan fingerprint density at radius 2 is 1.94 bits per heavy atom. The fourth-order valence-corrected chi connectivity index (χ4v) is 1.87. The SMILES string of the molecule is CCN(Cc1ccccc1)C(=O)CCC1(C)N=N1. The summed E-state index contributed by atoms with van der Waals surface area (Å²) in [6.45, 7) is 5.38. The molecule has 1 amide bonds. The van der Waals surface area contributed by atoms with Crippen molar-refractivity contribution < 1.29 is 4.79 Å². The van der Waals surface area contributed by atoms with E-state index in [1.165, 1.54) is 5.56 Å². The van der Waals surface area contributed by atoms with Crippen molar-refractivity contribution in [3.05, 3.63) is 35.9 Å². The molecule has 0 spiro atoms. The molecule has 0 atom stereocenters. The number of hydrogen-bond acceptors (Lipinski definition) is 3. The molecule has 1 aromatic carbocycles. The lowest BCUT2D eigenvalue weighted by molar-refractivity contribution is -0.131. The summed E-state index contributed by atoms with van der Waals surface area (Å²) in [5, 5.41) is 7.86. The molecule has 0 radical (unpaired) electrons. The van der Waals surface area contributed by atoms with E-state index in [0.717, 1.165) is 13.0 Å². The zero-order valence-electron chi connectivity index (χ0n) is 11.0. The molecule has 1 heterocycles. The second kappa shape index (κ2) is 5.29. The van der Waals surface area contributed by atoms with Gasteiger partial charge in [-0.2, -0.15) is 10.2 Å². The predicted octanol–water partition coefficient (Wildman–Crippen LogP) is 3.00. The smallest absolute Gasteiger partial charge is 0.223 e. The number of benzene rings is 1. The largest absolute Gasteiger partial charge is 0.339 e. The monoisotopic (exact) mass is 245 g/mol. The first-order chi connectivity index (χ1) is 8.63. The van der Waals surface area contributed by atoms with Crippen molar-refractivity contribution in [2.24, 2.45) is 10.2 Å². The summed E-state index contributed by atoms with van der Waals surface area (Å²) in [4.78, 5) is 14.0. The molecule has 96 valence electrons. The molecule has 0 saturated carbocycles. The van der Waals surface area contributed by atoms with Gasteiger partial charge in [-0.3, -0.25) is 4.79 Å². The molecule has 0 aromatic heterocycles. The van der Waals surface area contributed by atoms with Crippen LogP contribution in [0.1, 0.15) is 32.3 Å². The van der Waals surface area contributed by atoms with Gasteiger partial charge < -0.3 is 4.90 Å². The van der Waals surface area contributed by atoms with Crippen molar-refractivity contribution >= 4 is 5.91 Å². The summed E-state index contributed by atoms with van der Waals surface area (Å²) in [6, 6.07) is 10.1. The molecular weight excluding hydrogens is 226 g/mol. The topological polar surface area (TPSA) is 45.0 Å². The molecule has 18 heavy (non-hydrogen) atoms. The van der Waals surface area contributed by atoms with Gasteiger partial charge in [0.05, 0.1) is 0 Å². The Hall–Kier alpha value is -1.71. The van der Waals surface area contributed by atoms with Gasteiger partial charge in [0.2, 0.25) is 5.91 Å². The molecule has 0 unspecified atom stereocenters. The quantitative estimate of drug-likeness (QED) is 0.759. The van der Waals surface area contributed by atoms with Crippen LogP contribution >= 0.6 is 0 Å². The molecule has 1 aliphatic heterocycles. The lowest BCUT2D eigenvalue weighted by Gasteiger charge is -2.21. The fourth-order valence-electron chi connectivity index (χ4n) is 1.87. The molecule has 2 rings (SSSR count). The first-order valence-corrected chi connectivity index (χ1v) is 6.39. The highest BCUT2D eigenvalue weighted by Gasteiger charge is 2.34. The molecular formula is C14H19N3O. The Kier molecular flexibility index (Phi) is 3.75. The van der Waals surface area contributed by atoms with Crippen LogP contribution < -0.4 is 0 Å². The number of carbonyl (C=O) groups excluding carboxylic acids is 1. The van der Waals surface area contributed by atoms with Gasteiger partial charge in [-0.25, -0.2) is 0 Å². The number of hydrogen-bond donors (Lipinski definition) is 0. The minimum atomic E-state index is -0.276.